The van der Waals surface area contributed by atoms with Crippen molar-refractivity contribution in [2.45, 2.75) is 13.8 Å². The molecule has 0 aliphatic heterocycles. The summed E-state index contributed by atoms with van der Waals surface area (Å²) < 4.78 is 0. The zero-order valence-corrected chi connectivity index (χ0v) is 9.15. The Bertz CT molecular complexity index is 429. The Morgan fingerprint density at radius 3 is 2.25 bits per heavy atom. The average Bonchev–Trinajstić information content (AvgIpc) is 2.21. The van der Waals surface area contributed by atoms with Gasteiger partial charge in [0.2, 0.25) is 5.91 Å². The SMILES string of the molecule is Cc1cccc(C)c1NC(=O)/C=C\C(=O)O. The highest BCUT2D eigenvalue weighted by Gasteiger charge is 2.04. The molecule has 1 aromatic carbocycles. The van der Waals surface area contributed by atoms with E-state index in [9.17, 15) is 9.59 Å². The van der Waals surface area contributed by atoms with Crippen molar-refractivity contribution in [3.8, 4) is 0 Å². The van der Waals surface area contributed by atoms with Crippen molar-refractivity contribution >= 4 is 17.6 Å². The number of hydrogen-bond donors (Lipinski definition) is 2. The minimum absolute atomic E-state index is 0.445. The molecular formula is C12H13NO3. The lowest BCUT2D eigenvalue weighted by molar-refractivity contribution is -0.131. The van der Waals surface area contributed by atoms with Crippen LogP contribution in [-0.2, 0) is 9.59 Å². The van der Waals surface area contributed by atoms with Crippen LogP contribution in [-0.4, -0.2) is 17.0 Å². The first kappa shape index (κ1) is 12.0. The molecule has 0 aromatic heterocycles. The highest BCUT2D eigenvalue weighted by Crippen LogP contribution is 2.19. The van der Waals surface area contributed by atoms with Gasteiger partial charge in [-0.05, 0) is 25.0 Å². The number of para-hydroxylation sites is 1. The van der Waals surface area contributed by atoms with Crippen molar-refractivity contribution in [2.24, 2.45) is 0 Å². The molecule has 0 aliphatic carbocycles. The number of aliphatic carboxylic acids is 1. The maximum atomic E-state index is 11.4. The number of benzene rings is 1. The van der Waals surface area contributed by atoms with Gasteiger partial charge in [0, 0.05) is 17.8 Å². The van der Waals surface area contributed by atoms with E-state index in [4.69, 9.17) is 5.11 Å². The Morgan fingerprint density at radius 2 is 1.75 bits per heavy atom. The number of carbonyl (C=O) groups is 2. The molecule has 1 aromatic rings. The van der Waals surface area contributed by atoms with Gasteiger partial charge in [-0.3, -0.25) is 4.79 Å². The molecule has 0 heterocycles. The van der Waals surface area contributed by atoms with Crippen LogP contribution in [0.2, 0.25) is 0 Å². The lowest BCUT2D eigenvalue weighted by Crippen LogP contribution is -2.10. The summed E-state index contributed by atoms with van der Waals surface area (Å²) in [4.78, 5) is 21.6. The molecule has 0 saturated carbocycles. The van der Waals surface area contributed by atoms with E-state index in [-0.39, 0.29) is 0 Å². The molecule has 1 rings (SSSR count). The zero-order valence-electron chi connectivity index (χ0n) is 9.15. The number of rotatable bonds is 3. The van der Waals surface area contributed by atoms with Crippen LogP contribution in [0.3, 0.4) is 0 Å². The van der Waals surface area contributed by atoms with Crippen LogP contribution in [0.5, 0.6) is 0 Å². The summed E-state index contributed by atoms with van der Waals surface area (Å²) in [5.74, 6) is -1.59. The Balaban J connectivity index is 2.81. The average molecular weight is 219 g/mol. The largest absolute Gasteiger partial charge is 0.478 e. The van der Waals surface area contributed by atoms with Crippen LogP contribution in [0.4, 0.5) is 5.69 Å². The van der Waals surface area contributed by atoms with Crippen LogP contribution in [0.15, 0.2) is 30.4 Å². The molecular weight excluding hydrogens is 206 g/mol. The van der Waals surface area contributed by atoms with E-state index in [1.807, 2.05) is 32.0 Å². The van der Waals surface area contributed by atoms with Crippen LogP contribution in [0.25, 0.3) is 0 Å². The third kappa shape index (κ3) is 3.24. The number of aryl methyl sites for hydroxylation is 2. The van der Waals surface area contributed by atoms with Crippen molar-refractivity contribution in [1.82, 2.24) is 0 Å². The zero-order chi connectivity index (χ0) is 12.1. The number of hydrogen-bond acceptors (Lipinski definition) is 2. The van der Waals surface area contributed by atoms with E-state index >= 15 is 0 Å². The van der Waals surface area contributed by atoms with Crippen molar-refractivity contribution in [3.63, 3.8) is 0 Å². The summed E-state index contributed by atoms with van der Waals surface area (Å²) in [6.07, 6.45) is 1.80. The highest BCUT2D eigenvalue weighted by atomic mass is 16.4. The first-order valence-corrected chi connectivity index (χ1v) is 4.79. The molecule has 0 radical (unpaired) electrons. The maximum Gasteiger partial charge on any atom is 0.328 e. The highest BCUT2D eigenvalue weighted by molar-refractivity contribution is 6.03. The number of carboxylic acid groups (broad SMARTS) is 1. The third-order valence-electron chi connectivity index (χ3n) is 2.11. The fourth-order valence-electron chi connectivity index (χ4n) is 1.32. The molecule has 1 amide bonds. The predicted molar refractivity (Wildman–Crippen MR) is 61.3 cm³/mol. The minimum atomic E-state index is -1.14. The van der Waals surface area contributed by atoms with Gasteiger partial charge in [0.1, 0.15) is 0 Å². The summed E-state index contributed by atoms with van der Waals surface area (Å²) in [5, 5.41) is 11.0. The molecule has 0 spiro atoms. The summed E-state index contributed by atoms with van der Waals surface area (Å²) in [6, 6.07) is 5.65. The van der Waals surface area contributed by atoms with E-state index in [2.05, 4.69) is 5.32 Å². The molecule has 4 heteroatoms. The van der Waals surface area contributed by atoms with Gasteiger partial charge in [0.25, 0.3) is 0 Å². The van der Waals surface area contributed by atoms with E-state index < -0.39 is 11.9 Å². The monoisotopic (exact) mass is 219 g/mol. The molecule has 84 valence electrons. The van der Waals surface area contributed by atoms with Crippen LogP contribution in [0.1, 0.15) is 11.1 Å². The second-order valence-corrected chi connectivity index (χ2v) is 3.43. The summed E-state index contributed by atoms with van der Waals surface area (Å²) in [6.45, 7) is 3.76. The van der Waals surface area contributed by atoms with Crippen LogP contribution >= 0.6 is 0 Å². The van der Waals surface area contributed by atoms with E-state index in [1.165, 1.54) is 0 Å². The topological polar surface area (TPSA) is 66.4 Å². The maximum absolute atomic E-state index is 11.4. The van der Waals surface area contributed by atoms with Crippen molar-refractivity contribution < 1.29 is 14.7 Å². The Labute approximate surface area is 93.6 Å². The molecule has 0 atom stereocenters. The normalized spacial score (nSPS) is 10.4. The Morgan fingerprint density at radius 1 is 1.19 bits per heavy atom. The van der Waals surface area contributed by atoms with Gasteiger partial charge < -0.3 is 10.4 Å². The molecule has 0 unspecified atom stereocenters. The molecule has 2 N–H and O–H groups in total. The minimum Gasteiger partial charge on any atom is -0.478 e. The second kappa shape index (κ2) is 5.11. The summed E-state index contributed by atoms with van der Waals surface area (Å²) >= 11 is 0. The van der Waals surface area contributed by atoms with Crippen molar-refractivity contribution in [3.05, 3.63) is 41.5 Å². The fourth-order valence-corrected chi connectivity index (χ4v) is 1.32. The number of amides is 1. The first-order valence-electron chi connectivity index (χ1n) is 4.79. The molecule has 16 heavy (non-hydrogen) atoms. The van der Waals surface area contributed by atoms with E-state index in [0.717, 1.165) is 29.0 Å². The van der Waals surface area contributed by atoms with Gasteiger partial charge in [0.05, 0.1) is 0 Å². The first-order chi connectivity index (χ1) is 7.50. The van der Waals surface area contributed by atoms with E-state index in [0.29, 0.717) is 0 Å². The molecule has 0 fully saturated rings. The summed E-state index contributed by atoms with van der Waals surface area (Å²) in [7, 11) is 0. The van der Waals surface area contributed by atoms with Crippen LogP contribution < -0.4 is 5.32 Å². The van der Waals surface area contributed by atoms with Crippen molar-refractivity contribution in [2.75, 3.05) is 5.32 Å². The smallest absolute Gasteiger partial charge is 0.328 e. The van der Waals surface area contributed by atoms with Gasteiger partial charge in [-0.15, -0.1) is 0 Å². The van der Waals surface area contributed by atoms with E-state index in [1.54, 1.807) is 0 Å². The van der Waals surface area contributed by atoms with Gasteiger partial charge in [0.15, 0.2) is 0 Å². The lowest BCUT2D eigenvalue weighted by atomic mass is 10.1. The number of nitrogens with one attached hydrogen (secondary N) is 1. The Hall–Kier alpha value is -2.10. The van der Waals surface area contributed by atoms with Gasteiger partial charge in [-0.1, -0.05) is 18.2 Å². The van der Waals surface area contributed by atoms with Crippen LogP contribution in [0, 0.1) is 13.8 Å². The predicted octanol–water partition coefficient (Wildman–Crippen LogP) is 1.88. The molecule has 0 saturated heterocycles. The fraction of sp³-hybridized carbons (Fsp3) is 0.167. The Kier molecular flexibility index (Phi) is 3.83. The number of carboxylic acids is 1. The summed E-state index contributed by atoms with van der Waals surface area (Å²) in [5.41, 5.74) is 2.61. The molecule has 0 bridgehead atoms. The quantitative estimate of drug-likeness (QED) is 0.763. The second-order valence-electron chi connectivity index (χ2n) is 3.43. The number of anilines is 1. The molecule has 0 aliphatic rings. The number of carbonyl (C=O) groups excluding carboxylic acids is 1. The van der Waals surface area contributed by atoms with Gasteiger partial charge in [-0.2, -0.15) is 0 Å². The van der Waals surface area contributed by atoms with Gasteiger partial charge >= 0.3 is 5.97 Å². The van der Waals surface area contributed by atoms with Crippen molar-refractivity contribution in [1.29, 1.82) is 0 Å². The lowest BCUT2D eigenvalue weighted by Gasteiger charge is -2.09. The molecule has 4 nitrogen and oxygen atoms in total. The third-order valence-corrected chi connectivity index (χ3v) is 2.11. The standard InChI is InChI=1S/C12H13NO3/c1-8-4-3-5-9(2)12(8)13-10(14)6-7-11(15)16/h3-7H,1-2H3,(H,13,14)(H,15,16)/b7-6-. The van der Waals surface area contributed by atoms with Gasteiger partial charge in [-0.25, -0.2) is 4.79 Å².